The van der Waals surface area contributed by atoms with Crippen LogP contribution >= 0.6 is 34.8 Å². The molecule has 0 heterocycles. The number of methoxy groups -OCH3 is 1. The smallest absolute Gasteiger partial charge is 0.339 e. The van der Waals surface area contributed by atoms with Gasteiger partial charge in [-0.1, -0.05) is 71.2 Å². The summed E-state index contributed by atoms with van der Waals surface area (Å²) >= 11 is 18.6. The zero-order valence-electron chi connectivity index (χ0n) is 17.0. The number of hydrogen-bond acceptors (Lipinski definition) is 4. The molecule has 0 fully saturated rings. The summed E-state index contributed by atoms with van der Waals surface area (Å²) in [5, 5.41) is 10.7. The zero-order chi connectivity index (χ0) is 23.1. The van der Waals surface area contributed by atoms with Gasteiger partial charge in [-0.3, -0.25) is 0 Å². The van der Waals surface area contributed by atoms with E-state index >= 15 is 0 Å². The van der Waals surface area contributed by atoms with Crippen molar-refractivity contribution >= 4 is 46.3 Å². The maximum Gasteiger partial charge on any atom is 0.339 e. The number of carbonyl (C=O) groups is 1. The molecule has 0 saturated heterocycles. The Morgan fingerprint density at radius 2 is 1.59 bits per heavy atom. The molecule has 1 N–H and O–H groups in total. The second-order valence-electron chi connectivity index (χ2n) is 6.65. The third-order valence-electron chi connectivity index (χ3n) is 4.44. The number of ether oxygens (including phenoxy) is 3. The average molecular weight is 494 g/mol. The summed E-state index contributed by atoms with van der Waals surface area (Å²) in [4.78, 5) is 11.6. The summed E-state index contributed by atoms with van der Waals surface area (Å²) in [6.45, 7) is 0.371. The lowest BCUT2D eigenvalue weighted by Crippen LogP contribution is -2.06. The van der Waals surface area contributed by atoms with E-state index in [4.69, 9.17) is 49.0 Å². The van der Waals surface area contributed by atoms with Gasteiger partial charge >= 0.3 is 5.97 Å². The van der Waals surface area contributed by atoms with Crippen molar-refractivity contribution in [1.82, 2.24) is 0 Å². The summed E-state index contributed by atoms with van der Waals surface area (Å²) < 4.78 is 16.5. The molecule has 3 aromatic rings. The van der Waals surface area contributed by atoms with Crippen molar-refractivity contribution in [3.05, 3.63) is 98.7 Å². The van der Waals surface area contributed by atoms with Crippen LogP contribution in [0.5, 0.6) is 11.5 Å². The SMILES string of the molecule is COC=C(C(=O)O)c1ccccc1COc1cc(Cl)c(OCc2ccc(Cl)cc2)c(Cl)c1. The minimum atomic E-state index is -1.10. The van der Waals surface area contributed by atoms with E-state index in [0.717, 1.165) is 5.56 Å². The van der Waals surface area contributed by atoms with Crippen LogP contribution in [0.2, 0.25) is 15.1 Å². The Morgan fingerprint density at radius 3 is 2.22 bits per heavy atom. The maximum absolute atomic E-state index is 11.6. The fraction of sp³-hybridized carbons (Fsp3) is 0.125. The molecule has 0 radical (unpaired) electrons. The Balaban J connectivity index is 1.74. The van der Waals surface area contributed by atoms with Crippen LogP contribution in [0, 0.1) is 0 Å². The van der Waals surface area contributed by atoms with E-state index in [2.05, 4.69) is 0 Å². The van der Waals surface area contributed by atoms with Gasteiger partial charge in [0.15, 0.2) is 5.75 Å². The standard InChI is InChI=1S/C24H19Cl3O5/c1-30-14-20(24(28)29)19-5-3-2-4-16(19)13-31-18-10-21(26)23(22(27)11-18)32-12-15-6-8-17(25)9-7-15/h2-11,14H,12-13H2,1H3,(H,28,29). The number of rotatable bonds is 9. The van der Waals surface area contributed by atoms with Crippen molar-refractivity contribution in [3.63, 3.8) is 0 Å². The summed E-state index contributed by atoms with van der Waals surface area (Å²) in [7, 11) is 1.39. The van der Waals surface area contributed by atoms with Crippen molar-refractivity contribution in [2.75, 3.05) is 7.11 Å². The average Bonchev–Trinajstić information content (AvgIpc) is 2.77. The third kappa shape index (κ3) is 6.10. The van der Waals surface area contributed by atoms with E-state index in [9.17, 15) is 9.90 Å². The van der Waals surface area contributed by atoms with Gasteiger partial charge in [-0.25, -0.2) is 4.79 Å². The molecule has 5 nitrogen and oxygen atoms in total. The fourth-order valence-corrected chi connectivity index (χ4v) is 3.61. The highest BCUT2D eigenvalue weighted by atomic mass is 35.5. The van der Waals surface area contributed by atoms with Crippen molar-refractivity contribution in [2.45, 2.75) is 13.2 Å². The first kappa shape index (κ1) is 23.8. The predicted octanol–water partition coefficient (Wildman–Crippen LogP) is 6.88. The molecule has 0 aliphatic heterocycles. The third-order valence-corrected chi connectivity index (χ3v) is 5.25. The molecule has 166 valence electrons. The molecule has 0 aliphatic rings. The van der Waals surface area contributed by atoms with Crippen LogP contribution in [-0.4, -0.2) is 18.2 Å². The van der Waals surface area contributed by atoms with E-state index in [1.165, 1.54) is 13.4 Å². The van der Waals surface area contributed by atoms with Crippen LogP contribution in [0.15, 0.2) is 66.9 Å². The van der Waals surface area contributed by atoms with Gasteiger partial charge in [0, 0.05) is 17.2 Å². The molecule has 0 atom stereocenters. The van der Waals surface area contributed by atoms with Crippen LogP contribution in [0.25, 0.3) is 5.57 Å². The van der Waals surface area contributed by atoms with Gasteiger partial charge < -0.3 is 19.3 Å². The van der Waals surface area contributed by atoms with Crippen LogP contribution in [0.4, 0.5) is 0 Å². The Hall–Kier alpha value is -2.86. The molecule has 0 spiro atoms. The van der Waals surface area contributed by atoms with E-state index in [0.29, 0.717) is 37.7 Å². The molecule has 0 aliphatic carbocycles. The molecular weight excluding hydrogens is 475 g/mol. The zero-order valence-corrected chi connectivity index (χ0v) is 19.2. The molecule has 0 unspecified atom stereocenters. The van der Waals surface area contributed by atoms with Crippen molar-refractivity contribution in [1.29, 1.82) is 0 Å². The fourth-order valence-electron chi connectivity index (χ4n) is 2.91. The quantitative estimate of drug-likeness (QED) is 0.260. The molecule has 0 amide bonds. The van der Waals surface area contributed by atoms with Crippen LogP contribution in [0.1, 0.15) is 16.7 Å². The van der Waals surface area contributed by atoms with Gasteiger partial charge in [0.25, 0.3) is 0 Å². The van der Waals surface area contributed by atoms with Gasteiger partial charge in [-0.15, -0.1) is 0 Å². The number of halogens is 3. The van der Waals surface area contributed by atoms with Gasteiger partial charge in [0.2, 0.25) is 0 Å². The van der Waals surface area contributed by atoms with E-state index in [-0.39, 0.29) is 18.8 Å². The van der Waals surface area contributed by atoms with Crippen molar-refractivity contribution < 1.29 is 24.1 Å². The minimum Gasteiger partial charge on any atom is -0.503 e. The monoisotopic (exact) mass is 492 g/mol. The topological polar surface area (TPSA) is 65.0 Å². The molecule has 3 aromatic carbocycles. The maximum atomic E-state index is 11.6. The van der Waals surface area contributed by atoms with Gasteiger partial charge in [0.1, 0.15) is 24.5 Å². The van der Waals surface area contributed by atoms with Crippen LogP contribution in [0.3, 0.4) is 0 Å². The summed E-state index contributed by atoms with van der Waals surface area (Å²) in [6.07, 6.45) is 1.18. The van der Waals surface area contributed by atoms with E-state index < -0.39 is 5.97 Å². The number of hydrogen-bond donors (Lipinski definition) is 1. The number of benzene rings is 3. The lowest BCUT2D eigenvalue weighted by atomic mass is 10.0. The van der Waals surface area contributed by atoms with E-state index in [1.807, 2.05) is 12.1 Å². The van der Waals surface area contributed by atoms with Crippen molar-refractivity contribution in [2.24, 2.45) is 0 Å². The Morgan fingerprint density at radius 1 is 0.938 bits per heavy atom. The second kappa shape index (κ2) is 11.1. The first-order valence-electron chi connectivity index (χ1n) is 9.42. The lowest BCUT2D eigenvalue weighted by Gasteiger charge is -2.14. The first-order valence-corrected chi connectivity index (χ1v) is 10.6. The molecule has 8 heteroatoms. The van der Waals surface area contributed by atoms with Gasteiger partial charge in [-0.2, -0.15) is 0 Å². The number of aliphatic carboxylic acids is 1. The molecule has 0 saturated carbocycles. The van der Waals surface area contributed by atoms with Crippen LogP contribution < -0.4 is 9.47 Å². The van der Waals surface area contributed by atoms with Gasteiger partial charge in [0.05, 0.1) is 23.4 Å². The number of carboxylic acid groups (broad SMARTS) is 1. The Kier molecular flexibility index (Phi) is 8.28. The molecule has 3 rings (SSSR count). The Labute approximate surface area is 200 Å². The minimum absolute atomic E-state index is 0.0220. The number of carboxylic acids is 1. The summed E-state index contributed by atoms with van der Waals surface area (Å²) in [5.74, 6) is -0.346. The second-order valence-corrected chi connectivity index (χ2v) is 7.90. The largest absolute Gasteiger partial charge is 0.503 e. The summed E-state index contributed by atoms with van der Waals surface area (Å²) in [5.41, 5.74) is 2.08. The normalized spacial score (nSPS) is 11.2. The van der Waals surface area contributed by atoms with Crippen LogP contribution in [-0.2, 0) is 22.7 Å². The van der Waals surface area contributed by atoms with Crippen molar-refractivity contribution in [3.8, 4) is 11.5 Å². The highest BCUT2D eigenvalue weighted by molar-refractivity contribution is 6.37. The Bertz CT molecular complexity index is 1100. The highest BCUT2D eigenvalue weighted by Gasteiger charge is 2.16. The molecule has 0 aromatic heterocycles. The lowest BCUT2D eigenvalue weighted by molar-refractivity contribution is -0.130. The highest BCUT2D eigenvalue weighted by Crippen LogP contribution is 2.38. The van der Waals surface area contributed by atoms with Gasteiger partial charge in [-0.05, 0) is 28.8 Å². The predicted molar refractivity (Wildman–Crippen MR) is 126 cm³/mol. The summed E-state index contributed by atoms with van der Waals surface area (Å²) in [6, 6.07) is 17.4. The molecule has 32 heavy (non-hydrogen) atoms. The molecular formula is C24H19Cl3O5. The first-order chi connectivity index (χ1) is 15.4. The molecule has 0 bridgehead atoms. The van der Waals surface area contributed by atoms with E-state index in [1.54, 1.807) is 48.5 Å².